The Labute approximate surface area is 121 Å². The maximum atomic E-state index is 8.31. The van der Waals surface area contributed by atoms with E-state index in [0.717, 1.165) is 18.8 Å². The molecule has 2 aliphatic rings. The third-order valence-electron chi connectivity index (χ3n) is 5.35. The number of anilines is 1. The predicted octanol–water partition coefficient (Wildman–Crippen LogP) is 3.47. The molecule has 0 radical (unpaired) electrons. The van der Waals surface area contributed by atoms with Crippen molar-refractivity contribution in [2.75, 3.05) is 18.4 Å². The predicted molar refractivity (Wildman–Crippen MR) is 84.8 cm³/mol. The molecule has 20 heavy (non-hydrogen) atoms. The van der Waals surface area contributed by atoms with Gasteiger partial charge in [0.05, 0.1) is 5.41 Å². The molecule has 0 aliphatic carbocycles. The van der Waals surface area contributed by atoms with Crippen molar-refractivity contribution in [1.29, 1.82) is 5.41 Å². The highest BCUT2D eigenvalue weighted by atomic mass is 15.0. The average Bonchev–Trinajstić information content (AvgIpc) is 2.72. The lowest BCUT2D eigenvalue weighted by Crippen LogP contribution is -2.35. The third-order valence-corrected chi connectivity index (χ3v) is 5.35. The van der Waals surface area contributed by atoms with Crippen molar-refractivity contribution in [2.24, 2.45) is 5.92 Å². The minimum Gasteiger partial charge on any atom is -0.343 e. The van der Waals surface area contributed by atoms with Gasteiger partial charge in [-0.2, -0.15) is 0 Å². The summed E-state index contributed by atoms with van der Waals surface area (Å²) in [6.07, 6.45) is 2.45. The van der Waals surface area contributed by atoms with Crippen LogP contribution in [-0.4, -0.2) is 18.9 Å². The van der Waals surface area contributed by atoms with Crippen LogP contribution in [0.3, 0.4) is 0 Å². The van der Waals surface area contributed by atoms with Crippen LogP contribution in [-0.2, 0) is 5.41 Å². The number of piperidine rings is 1. The van der Waals surface area contributed by atoms with E-state index < -0.39 is 0 Å². The van der Waals surface area contributed by atoms with Gasteiger partial charge in [-0.15, -0.1) is 0 Å². The van der Waals surface area contributed by atoms with E-state index in [1.54, 1.807) is 0 Å². The molecule has 1 saturated heterocycles. The second kappa shape index (κ2) is 4.88. The minimum atomic E-state index is -0.168. The molecule has 1 unspecified atom stereocenters. The van der Waals surface area contributed by atoms with Crippen molar-refractivity contribution in [2.45, 2.75) is 44.9 Å². The summed E-state index contributed by atoms with van der Waals surface area (Å²) in [4.78, 5) is 0. The summed E-state index contributed by atoms with van der Waals surface area (Å²) in [6.45, 7) is 8.87. The fourth-order valence-electron chi connectivity index (χ4n) is 3.51. The second-order valence-electron chi connectivity index (χ2n) is 6.69. The molecule has 2 heterocycles. The number of amidine groups is 1. The van der Waals surface area contributed by atoms with Crippen LogP contribution in [0.25, 0.3) is 0 Å². The number of rotatable bonds is 2. The van der Waals surface area contributed by atoms with Gasteiger partial charge in [0, 0.05) is 5.69 Å². The molecule has 1 atom stereocenters. The molecule has 0 amide bonds. The molecule has 0 aromatic heterocycles. The maximum absolute atomic E-state index is 8.31. The molecule has 0 saturated carbocycles. The van der Waals surface area contributed by atoms with Crippen LogP contribution in [0.5, 0.6) is 0 Å². The van der Waals surface area contributed by atoms with Gasteiger partial charge in [0.25, 0.3) is 0 Å². The van der Waals surface area contributed by atoms with Crippen LogP contribution in [0, 0.1) is 11.3 Å². The van der Waals surface area contributed by atoms with Gasteiger partial charge in [0.1, 0.15) is 5.84 Å². The third kappa shape index (κ3) is 1.96. The summed E-state index contributed by atoms with van der Waals surface area (Å²) in [7, 11) is 0. The summed E-state index contributed by atoms with van der Waals surface area (Å²) in [5.74, 6) is 1.74. The SMILES string of the molecule is CC(C)C1(C)C(=N)Nc2ccc(C3CCNCC3)cc21. The molecule has 3 N–H and O–H groups in total. The first-order valence-corrected chi connectivity index (χ1v) is 7.74. The van der Waals surface area contributed by atoms with Crippen molar-refractivity contribution in [3.8, 4) is 0 Å². The van der Waals surface area contributed by atoms with Crippen molar-refractivity contribution in [1.82, 2.24) is 5.32 Å². The lowest BCUT2D eigenvalue weighted by atomic mass is 9.73. The normalized spacial score (nSPS) is 26.7. The lowest BCUT2D eigenvalue weighted by molar-refractivity contribution is 0.448. The summed E-state index contributed by atoms with van der Waals surface area (Å²) in [5.41, 5.74) is 3.73. The van der Waals surface area contributed by atoms with Gasteiger partial charge in [-0.1, -0.05) is 26.0 Å². The summed E-state index contributed by atoms with van der Waals surface area (Å²) in [5, 5.41) is 15.0. The van der Waals surface area contributed by atoms with Gasteiger partial charge in [0.15, 0.2) is 0 Å². The molecule has 3 rings (SSSR count). The smallest absolute Gasteiger partial charge is 0.109 e. The molecule has 1 fully saturated rings. The van der Waals surface area contributed by atoms with Crippen LogP contribution in [0.15, 0.2) is 18.2 Å². The Hall–Kier alpha value is -1.35. The molecular formula is C17H25N3. The Bertz CT molecular complexity index is 529. The van der Waals surface area contributed by atoms with E-state index in [2.05, 4.69) is 49.6 Å². The zero-order valence-electron chi connectivity index (χ0n) is 12.7. The van der Waals surface area contributed by atoms with E-state index in [1.165, 1.54) is 24.0 Å². The summed E-state index contributed by atoms with van der Waals surface area (Å²) >= 11 is 0. The maximum Gasteiger partial charge on any atom is 0.109 e. The van der Waals surface area contributed by atoms with Crippen molar-refractivity contribution in [3.63, 3.8) is 0 Å². The van der Waals surface area contributed by atoms with Crippen LogP contribution in [0.1, 0.15) is 50.7 Å². The fourth-order valence-corrected chi connectivity index (χ4v) is 3.51. The van der Waals surface area contributed by atoms with Crippen molar-refractivity contribution >= 4 is 11.5 Å². The van der Waals surface area contributed by atoms with E-state index in [-0.39, 0.29) is 5.41 Å². The highest BCUT2D eigenvalue weighted by Gasteiger charge is 2.42. The Kier molecular flexibility index (Phi) is 3.33. The number of nitrogens with one attached hydrogen (secondary N) is 3. The lowest BCUT2D eigenvalue weighted by Gasteiger charge is -2.30. The highest BCUT2D eigenvalue weighted by molar-refractivity contribution is 6.07. The molecule has 3 heteroatoms. The van der Waals surface area contributed by atoms with E-state index in [4.69, 9.17) is 5.41 Å². The molecular weight excluding hydrogens is 246 g/mol. The molecule has 3 nitrogen and oxygen atoms in total. The zero-order chi connectivity index (χ0) is 14.3. The first-order valence-electron chi connectivity index (χ1n) is 7.74. The Morgan fingerprint density at radius 1 is 1.25 bits per heavy atom. The molecule has 108 valence electrons. The van der Waals surface area contributed by atoms with E-state index >= 15 is 0 Å². The topological polar surface area (TPSA) is 47.9 Å². The van der Waals surface area contributed by atoms with Gasteiger partial charge < -0.3 is 10.6 Å². The Balaban J connectivity index is 2.00. The molecule has 2 aliphatic heterocycles. The highest BCUT2D eigenvalue weighted by Crippen LogP contribution is 2.44. The van der Waals surface area contributed by atoms with Crippen LogP contribution < -0.4 is 10.6 Å². The minimum absolute atomic E-state index is 0.168. The van der Waals surface area contributed by atoms with E-state index in [9.17, 15) is 0 Å². The van der Waals surface area contributed by atoms with Crippen LogP contribution in [0.2, 0.25) is 0 Å². The summed E-state index contributed by atoms with van der Waals surface area (Å²) in [6, 6.07) is 6.79. The quantitative estimate of drug-likeness (QED) is 0.771. The molecule has 1 aromatic carbocycles. The largest absolute Gasteiger partial charge is 0.343 e. The van der Waals surface area contributed by atoms with Gasteiger partial charge in [-0.05, 0) is 61.9 Å². The summed E-state index contributed by atoms with van der Waals surface area (Å²) < 4.78 is 0. The number of hydrogen-bond acceptors (Lipinski definition) is 2. The van der Waals surface area contributed by atoms with E-state index in [0.29, 0.717) is 17.7 Å². The number of hydrogen-bond donors (Lipinski definition) is 3. The first kappa shape index (κ1) is 13.6. The average molecular weight is 271 g/mol. The number of benzene rings is 1. The second-order valence-corrected chi connectivity index (χ2v) is 6.69. The first-order chi connectivity index (χ1) is 9.53. The Morgan fingerprint density at radius 3 is 2.60 bits per heavy atom. The van der Waals surface area contributed by atoms with Crippen molar-refractivity contribution in [3.05, 3.63) is 29.3 Å². The van der Waals surface area contributed by atoms with Crippen molar-refractivity contribution < 1.29 is 0 Å². The molecule has 0 bridgehead atoms. The van der Waals surface area contributed by atoms with Gasteiger partial charge >= 0.3 is 0 Å². The number of fused-ring (bicyclic) bond motifs is 1. The fraction of sp³-hybridized carbons (Fsp3) is 0.588. The van der Waals surface area contributed by atoms with Gasteiger partial charge in [0.2, 0.25) is 0 Å². The molecule has 1 aromatic rings. The standard InChI is InChI=1S/C17H25N3/c1-11(2)17(3)14-10-13(12-6-8-19-9-7-12)4-5-15(14)20-16(17)18/h4-5,10-12,19H,6-9H2,1-3H3,(H2,18,20). The Morgan fingerprint density at radius 2 is 1.95 bits per heavy atom. The monoisotopic (exact) mass is 271 g/mol. The van der Waals surface area contributed by atoms with Crippen LogP contribution >= 0.6 is 0 Å². The van der Waals surface area contributed by atoms with Gasteiger partial charge in [-0.3, -0.25) is 5.41 Å². The van der Waals surface area contributed by atoms with E-state index in [1.807, 2.05) is 0 Å². The molecule has 0 spiro atoms. The van der Waals surface area contributed by atoms with Crippen LogP contribution in [0.4, 0.5) is 5.69 Å². The van der Waals surface area contributed by atoms with Gasteiger partial charge in [-0.25, -0.2) is 0 Å². The zero-order valence-corrected chi connectivity index (χ0v) is 12.7.